The Balaban J connectivity index is 2.60. The molecular formula is C12H19NO. The number of aryl methyl sites for hydroxylation is 1. The minimum atomic E-state index is -0.290. The van der Waals surface area contributed by atoms with E-state index in [0.29, 0.717) is 12.6 Å². The number of aliphatic hydroxyl groups is 1. The minimum Gasteiger partial charge on any atom is -0.392 e. The van der Waals surface area contributed by atoms with Crippen LogP contribution in [0.3, 0.4) is 0 Å². The zero-order valence-corrected chi connectivity index (χ0v) is 9.12. The third kappa shape index (κ3) is 3.13. The van der Waals surface area contributed by atoms with Crippen molar-refractivity contribution < 1.29 is 5.11 Å². The van der Waals surface area contributed by atoms with Gasteiger partial charge in [0, 0.05) is 12.6 Å². The third-order valence-electron chi connectivity index (χ3n) is 2.37. The summed E-state index contributed by atoms with van der Waals surface area (Å²) in [7, 11) is 0. The zero-order valence-electron chi connectivity index (χ0n) is 9.12. The first kappa shape index (κ1) is 11.2. The minimum absolute atomic E-state index is 0.290. The molecular weight excluding hydrogens is 174 g/mol. The summed E-state index contributed by atoms with van der Waals surface area (Å²) in [6, 6.07) is 8.61. The molecule has 0 heterocycles. The average Bonchev–Trinajstić information content (AvgIpc) is 2.15. The monoisotopic (exact) mass is 193 g/mol. The molecule has 0 radical (unpaired) electrons. The molecule has 2 nitrogen and oxygen atoms in total. The van der Waals surface area contributed by atoms with Gasteiger partial charge < -0.3 is 10.4 Å². The van der Waals surface area contributed by atoms with Gasteiger partial charge in [-0.1, -0.05) is 24.3 Å². The van der Waals surface area contributed by atoms with E-state index in [0.717, 1.165) is 0 Å². The summed E-state index contributed by atoms with van der Waals surface area (Å²) in [5.41, 5.74) is 2.59. The van der Waals surface area contributed by atoms with E-state index in [1.54, 1.807) is 6.92 Å². The van der Waals surface area contributed by atoms with Crippen molar-refractivity contribution in [1.29, 1.82) is 0 Å². The number of nitrogens with one attached hydrogen (secondary N) is 1. The predicted octanol–water partition coefficient (Wildman–Crippen LogP) is 2.03. The number of aliphatic hydroxyl groups excluding tert-OH is 1. The molecule has 0 aromatic heterocycles. The Kier molecular flexibility index (Phi) is 4.11. The molecule has 78 valence electrons. The lowest BCUT2D eigenvalue weighted by Gasteiger charge is -2.17. The van der Waals surface area contributed by atoms with E-state index in [4.69, 9.17) is 5.11 Å². The zero-order chi connectivity index (χ0) is 10.6. The standard InChI is InChI=1S/C12H19NO/c1-9-6-4-5-7-12(9)11(3)13-8-10(2)14/h4-7,10-11,13-14H,8H2,1-3H3/t10?,11-/m1/s1. The second-order valence-corrected chi connectivity index (χ2v) is 3.84. The average molecular weight is 193 g/mol. The molecule has 0 aliphatic heterocycles. The van der Waals surface area contributed by atoms with Crippen molar-refractivity contribution in [3.05, 3.63) is 35.4 Å². The normalized spacial score (nSPS) is 15.1. The highest BCUT2D eigenvalue weighted by Crippen LogP contribution is 2.16. The third-order valence-corrected chi connectivity index (χ3v) is 2.37. The van der Waals surface area contributed by atoms with Crippen LogP contribution >= 0.6 is 0 Å². The molecule has 2 heteroatoms. The maximum Gasteiger partial charge on any atom is 0.0636 e. The van der Waals surface area contributed by atoms with Crippen molar-refractivity contribution >= 4 is 0 Å². The molecule has 0 spiro atoms. The molecule has 2 N–H and O–H groups in total. The summed E-state index contributed by atoms with van der Waals surface area (Å²) in [4.78, 5) is 0. The molecule has 2 atom stereocenters. The Bertz CT molecular complexity index is 283. The lowest BCUT2D eigenvalue weighted by Crippen LogP contribution is -2.27. The summed E-state index contributed by atoms with van der Waals surface area (Å²) >= 11 is 0. The molecule has 0 saturated carbocycles. The number of benzene rings is 1. The van der Waals surface area contributed by atoms with E-state index in [1.165, 1.54) is 11.1 Å². The molecule has 1 rings (SSSR count). The fourth-order valence-corrected chi connectivity index (χ4v) is 1.53. The lowest BCUT2D eigenvalue weighted by atomic mass is 10.0. The van der Waals surface area contributed by atoms with Crippen LogP contribution in [0.25, 0.3) is 0 Å². The smallest absolute Gasteiger partial charge is 0.0636 e. The van der Waals surface area contributed by atoms with Gasteiger partial charge in [-0.2, -0.15) is 0 Å². The van der Waals surface area contributed by atoms with E-state index in [2.05, 4.69) is 31.3 Å². The Labute approximate surface area is 86.0 Å². The van der Waals surface area contributed by atoms with Crippen molar-refractivity contribution in [2.24, 2.45) is 0 Å². The van der Waals surface area contributed by atoms with Crippen LogP contribution < -0.4 is 5.32 Å². The molecule has 1 aromatic rings. The second kappa shape index (κ2) is 5.13. The summed E-state index contributed by atoms with van der Waals surface area (Å²) in [6.07, 6.45) is -0.290. The van der Waals surface area contributed by atoms with Crippen molar-refractivity contribution in [3.8, 4) is 0 Å². The lowest BCUT2D eigenvalue weighted by molar-refractivity contribution is 0.187. The summed E-state index contributed by atoms with van der Waals surface area (Å²) in [6.45, 7) is 6.65. The van der Waals surface area contributed by atoms with Crippen LogP contribution in [0.1, 0.15) is 31.0 Å². The maximum atomic E-state index is 9.15. The van der Waals surface area contributed by atoms with Crippen molar-refractivity contribution in [3.63, 3.8) is 0 Å². The largest absolute Gasteiger partial charge is 0.392 e. The van der Waals surface area contributed by atoms with Gasteiger partial charge in [-0.15, -0.1) is 0 Å². The Hall–Kier alpha value is -0.860. The van der Waals surface area contributed by atoms with Gasteiger partial charge >= 0.3 is 0 Å². The van der Waals surface area contributed by atoms with Crippen molar-refractivity contribution in [2.75, 3.05) is 6.54 Å². The highest BCUT2D eigenvalue weighted by atomic mass is 16.3. The van der Waals surface area contributed by atoms with Gasteiger partial charge in [0.25, 0.3) is 0 Å². The summed E-state index contributed by atoms with van der Waals surface area (Å²) in [5.74, 6) is 0. The Morgan fingerprint density at radius 3 is 2.50 bits per heavy atom. The van der Waals surface area contributed by atoms with Gasteiger partial charge in [-0.05, 0) is 31.9 Å². The predicted molar refractivity (Wildman–Crippen MR) is 59.3 cm³/mol. The SMILES string of the molecule is Cc1ccccc1[C@@H](C)NCC(C)O. The van der Waals surface area contributed by atoms with Gasteiger partial charge in [-0.25, -0.2) is 0 Å². The highest BCUT2D eigenvalue weighted by Gasteiger charge is 2.07. The van der Waals surface area contributed by atoms with Crippen molar-refractivity contribution in [2.45, 2.75) is 32.9 Å². The van der Waals surface area contributed by atoms with E-state index < -0.39 is 0 Å². The van der Waals surface area contributed by atoms with Crippen LogP contribution in [0.4, 0.5) is 0 Å². The van der Waals surface area contributed by atoms with E-state index in [9.17, 15) is 0 Å². The number of rotatable bonds is 4. The quantitative estimate of drug-likeness (QED) is 0.767. The molecule has 0 aliphatic carbocycles. The molecule has 14 heavy (non-hydrogen) atoms. The first-order chi connectivity index (χ1) is 6.61. The maximum absolute atomic E-state index is 9.15. The van der Waals surface area contributed by atoms with Crippen LogP contribution in [0.2, 0.25) is 0 Å². The molecule has 0 amide bonds. The molecule has 1 aromatic carbocycles. The fourth-order valence-electron chi connectivity index (χ4n) is 1.53. The van der Waals surface area contributed by atoms with Crippen LogP contribution in [-0.4, -0.2) is 17.8 Å². The van der Waals surface area contributed by atoms with Crippen LogP contribution in [0, 0.1) is 6.92 Å². The van der Waals surface area contributed by atoms with Gasteiger partial charge in [0.05, 0.1) is 6.10 Å². The highest BCUT2D eigenvalue weighted by molar-refractivity contribution is 5.28. The fraction of sp³-hybridized carbons (Fsp3) is 0.500. The summed E-state index contributed by atoms with van der Waals surface area (Å²) < 4.78 is 0. The molecule has 0 saturated heterocycles. The molecule has 0 fully saturated rings. The van der Waals surface area contributed by atoms with Crippen molar-refractivity contribution in [1.82, 2.24) is 5.32 Å². The second-order valence-electron chi connectivity index (χ2n) is 3.84. The van der Waals surface area contributed by atoms with E-state index in [-0.39, 0.29) is 6.10 Å². The molecule has 1 unspecified atom stereocenters. The van der Waals surface area contributed by atoms with Gasteiger partial charge in [0.1, 0.15) is 0 Å². The van der Waals surface area contributed by atoms with Gasteiger partial charge in [-0.3, -0.25) is 0 Å². The van der Waals surface area contributed by atoms with E-state index in [1.807, 2.05) is 12.1 Å². The Morgan fingerprint density at radius 1 is 1.29 bits per heavy atom. The van der Waals surface area contributed by atoms with Crippen LogP contribution in [0.5, 0.6) is 0 Å². The number of hydrogen-bond acceptors (Lipinski definition) is 2. The number of hydrogen-bond donors (Lipinski definition) is 2. The van der Waals surface area contributed by atoms with Crippen LogP contribution in [-0.2, 0) is 0 Å². The Morgan fingerprint density at radius 2 is 1.93 bits per heavy atom. The topological polar surface area (TPSA) is 32.3 Å². The first-order valence-corrected chi connectivity index (χ1v) is 5.08. The van der Waals surface area contributed by atoms with Crippen LogP contribution in [0.15, 0.2) is 24.3 Å². The van der Waals surface area contributed by atoms with E-state index >= 15 is 0 Å². The summed E-state index contributed by atoms with van der Waals surface area (Å²) in [5, 5.41) is 12.4. The van der Waals surface area contributed by atoms with Gasteiger partial charge in [0.15, 0.2) is 0 Å². The molecule has 0 bridgehead atoms. The first-order valence-electron chi connectivity index (χ1n) is 5.08. The molecule has 0 aliphatic rings. The van der Waals surface area contributed by atoms with Gasteiger partial charge in [0.2, 0.25) is 0 Å².